The summed E-state index contributed by atoms with van der Waals surface area (Å²) in [5, 5.41) is 7.64. The first kappa shape index (κ1) is 16.5. The molecule has 1 aromatic carbocycles. The highest BCUT2D eigenvalue weighted by atomic mass is 32.2. The molecule has 0 saturated carbocycles. The molecule has 6 nitrogen and oxygen atoms in total. The van der Waals surface area contributed by atoms with Crippen LogP contribution in [-0.4, -0.2) is 28.0 Å². The van der Waals surface area contributed by atoms with Gasteiger partial charge in [-0.05, 0) is 43.5 Å². The van der Waals surface area contributed by atoms with E-state index in [4.69, 9.17) is 9.88 Å². The normalized spacial score (nSPS) is 11.2. The van der Waals surface area contributed by atoms with E-state index in [1.54, 1.807) is 20.9 Å². The Bertz CT molecular complexity index is 573. The number of amides is 1. The lowest BCUT2D eigenvalue weighted by Gasteiger charge is -2.13. The predicted molar refractivity (Wildman–Crippen MR) is 76.1 cm³/mol. The second kappa shape index (κ2) is 6.71. The summed E-state index contributed by atoms with van der Waals surface area (Å²) >= 11 is 0. The van der Waals surface area contributed by atoms with Crippen LogP contribution < -0.4 is 15.2 Å². The first-order chi connectivity index (χ1) is 9.25. The quantitative estimate of drug-likeness (QED) is 0.761. The van der Waals surface area contributed by atoms with E-state index in [9.17, 15) is 13.2 Å². The highest BCUT2D eigenvalue weighted by Crippen LogP contribution is 2.26. The van der Waals surface area contributed by atoms with E-state index in [0.29, 0.717) is 36.3 Å². The van der Waals surface area contributed by atoms with Crippen LogP contribution in [0, 0.1) is 13.8 Å². The summed E-state index contributed by atoms with van der Waals surface area (Å²) in [7, 11) is -2.13. The fourth-order valence-corrected chi connectivity index (χ4v) is 2.52. The van der Waals surface area contributed by atoms with Gasteiger partial charge in [-0.1, -0.05) is 0 Å². The Hall–Kier alpha value is -1.60. The number of primary sulfonamides is 1. The van der Waals surface area contributed by atoms with Crippen LogP contribution in [0.5, 0.6) is 5.75 Å². The smallest absolute Gasteiger partial charge is 0.238 e. The lowest BCUT2D eigenvalue weighted by Crippen LogP contribution is -2.18. The number of hydrogen-bond acceptors (Lipinski definition) is 4. The summed E-state index contributed by atoms with van der Waals surface area (Å²) in [6, 6.07) is 2.97. The zero-order valence-electron chi connectivity index (χ0n) is 11.9. The average Bonchev–Trinajstić information content (AvgIpc) is 2.35. The maximum atomic E-state index is 11.3. The van der Waals surface area contributed by atoms with E-state index in [2.05, 4.69) is 5.32 Å². The summed E-state index contributed by atoms with van der Waals surface area (Å²) in [5.41, 5.74) is 1.41. The third-order valence-corrected chi connectivity index (χ3v) is 3.73. The summed E-state index contributed by atoms with van der Waals surface area (Å²) in [4.78, 5) is 11.1. The van der Waals surface area contributed by atoms with Crippen molar-refractivity contribution in [1.82, 2.24) is 5.32 Å². The van der Waals surface area contributed by atoms with Gasteiger partial charge in [0.05, 0.1) is 11.5 Å². The molecule has 20 heavy (non-hydrogen) atoms. The van der Waals surface area contributed by atoms with Gasteiger partial charge in [0, 0.05) is 13.5 Å². The van der Waals surface area contributed by atoms with Crippen molar-refractivity contribution in [3.05, 3.63) is 23.3 Å². The first-order valence-electron chi connectivity index (χ1n) is 6.23. The van der Waals surface area contributed by atoms with Crippen molar-refractivity contribution in [2.75, 3.05) is 13.7 Å². The number of carbonyl (C=O) groups is 1. The van der Waals surface area contributed by atoms with Crippen LogP contribution in [0.25, 0.3) is 0 Å². The van der Waals surface area contributed by atoms with Crippen molar-refractivity contribution in [1.29, 1.82) is 0 Å². The molecule has 0 saturated heterocycles. The van der Waals surface area contributed by atoms with Crippen molar-refractivity contribution in [3.8, 4) is 5.75 Å². The van der Waals surface area contributed by atoms with Crippen LogP contribution in [0.3, 0.4) is 0 Å². The maximum Gasteiger partial charge on any atom is 0.238 e. The van der Waals surface area contributed by atoms with Gasteiger partial charge in [-0.2, -0.15) is 0 Å². The minimum atomic E-state index is -3.71. The molecular weight excluding hydrogens is 280 g/mol. The molecule has 112 valence electrons. The Morgan fingerprint density at radius 3 is 2.30 bits per heavy atom. The number of rotatable bonds is 6. The molecule has 1 amide bonds. The summed E-state index contributed by atoms with van der Waals surface area (Å²) in [5.74, 6) is 0.598. The lowest BCUT2D eigenvalue weighted by atomic mass is 10.1. The number of aryl methyl sites for hydroxylation is 2. The molecule has 0 radical (unpaired) electrons. The van der Waals surface area contributed by atoms with Crippen molar-refractivity contribution in [2.24, 2.45) is 5.14 Å². The summed E-state index contributed by atoms with van der Waals surface area (Å²) in [6.45, 7) is 3.91. The number of hydrogen-bond donors (Lipinski definition) is 2. The number of sulfonamides is 1. The number of nitrogens with two attached hydrogens (primary N) is 1. The van der Waals surface area contributed by atoms with Gasteiger partial charge in [0.15, 0.2) is 0 Å². The van der Waals surface area contributed by atoms with Crippen LogP contribution >= 0.6 is 0 Å². The molecule has 0 aliphatic heterocycles. The Kier molecular flexibility index (Phi) is 5.52. The van der Waals surface area contributed by atoms with Crippen LogP contribution in [0.4, 0.5) is 0 Å². The van der Waals surface area contributed by atoms with Crippen molar-refractivity contribution < 1.29 is 17.9 Å². The second-order valence-electron chi connectivity index (χ2n) is 4.56. The molecule has 0 atom stereocenters. The number of carbonyl (C=O) groups excluding carboxylic acids is 1. The minimum absolute atomic E-state index is 0.0355. The second-order valence-corrected chi connectivity index (χ2v) is 6.12. The van der Waals surface area contributed by atoms with E-state index in [-0.39, 0.29) is 10.8 Å². The van der Waals surface area contributed by atoms with E-state index in [0.717, 1.165) is 0 Å². The van der Waals surface area contributed by atoms with Crippen LogP contribution in [0.1, 0.15) is 24.0 Å². The molecule has 0 aromatic heterocycles. The van der Waals surface area contributed by atoms with Gasteiger partial charge < -0.3 is 10.1 Å². The highest BCUT2D eigenvalue weighted by molar-refractivity contribution is 7.89. The zero-order valence-corrected chi connectivity index (χ0v) is 12.7. The fourth-order valence-electron chi connectivity index (χ4n) is 1.83. The molecule has 0 heterocycles. The number of benzene rings is 1. The van der Waals surface area contributed by atoms with E-state index >= 15 is 0 Å². The number of ether oxygens (including phenoxy) is 1. The van der Waals surface area contributed by atoms with E-state index in [1.165, 1.54) is 12.1 Å². The number of nitrogens with one attached hydrogen (secondary N) is 1. The molecule has 1 rings (SSSR count). The fraction of sp³-hybridized carbons (Fsp3) is 0.462. The molecule has 0 aliphatic carbocycles. The lowest BCUT2D eigenvalue weighted by molar-refractivity contribution is -0.120. The van der Waals surface area contributed by atoms with Crippen LogP contribution in [0.2, 0.25) is 0 Å². The van der Waals surface area contributed by atoms with E-state index < -0.39 is 10.0 Å². The van der Waals surface area contributed by atoms with Crippen molar-refractivity contribution >= 4 is 15.9 Å². The third kappa shape index (κ3) is 4.50. The molecule has 0 unspecified atom stereocenters. The van der Waals surface area contributed by atoms with E-state index in [1.807, 2.05) is 0 Å². The topological polar surface area (TPSA) is 98.5 Å². The first-order valence-corrected chi connectivity index (χ1v) is 7.77. The molecule has 3 N–H and O–H groups in total. The van der Waals surface area contributed by atoms with Gasteiger partial charge in [-0.15, -0.1) is 0 Å². The predicted octanol–water partition coefficient (Wildman–Crippen LogP) is 0.856. The van der Waals surface area contributed by atoms with Gasteiger partial charge in [0.2, 0.25) is 15.9 Å². The SMILES string of the molecule is CNC(=O)CCCOc1c(C)cc(S(N)(=O)=O)cc1C. The molecular formula is C13H20N2O4S. The van der Waals surface area contributed by atoms with Gasteiger partial charge in [-0.25, -0.2) is 13.6 Å². The summed E-state index contributed by atoms with van der Waals surface area (Å²) in [6.07, 6.45) is 0.985. The molecule has 0 aliphatic rings. The minimum Gasteiger partial charge on any atom is -0.493 e. The van der Waals surface area contributed by atoms with Crippen molar-refractivity contribution in [3.63, 3.8) is 0 Å². The Morgan fingerprint density at radius 2 is 1.85 bits per heavy atom. The largest absolute Gasteiger partial charge is 0.493 e. The van der Waals surface area contributed by atoms with Crippen molar-refractivity contribution in [2.45, 2.75) is 31.6 Å². The van der Waals surface area contributed by atoms with Gasteiger partial charge >= 0.3 is 0 Å². The monoisotopic (exact) mass is 300 g/mol. The molecule has 1 aromatic rings. The Morgan fingerprint density at radius 1 is 1.30 bits per heavy atom. The molecule has 0 spiro atoms. The maximum absolute atomic E-state index is 11.3. The summed E-state index contributed by atoms with van der Waals surface area (Å²) < 4.78 is 28.2. The van der Waals surface area contributed by atoms with Crippen LogP contribution in [0.15, 0.2) is 17.0 Å². The standard InChI is InChI=1S/C13H20N2O4S/c1-9-7-11(20(14,17)18)8-10(2)13(9)19-6-4-5-12(16)15-3/h7-8H,4-6H2,1-3H3,(H,15,16)(H2,14,17,18). The van der Waals surface area contributed by atoms with Gasteiger partial charge in [0.25, 0.3) is 0 Å². The average molecular weight is 300 g/mol. The molecule has 0 bridgehead atoms. The molecule has 7 heteroatoms. The van der Waals surface area contributed by atoms with Gasteiger partial charge in [-0.3, -0.25) is 4.79 Å². The molecule has 0 fully saturated rings. The van der Waals surface area contributed by atoms with Gasteiger partial charge in [0.1, 0.15) is 5.75 Å². The zero-order chi connectivity index (χ0) is 15.3. The Labute approximate surface area is 119 Å². The Balaban J connectivity index is 2.75. The third-order valence-electron chi connectivity index (χ3n) is 2.84. The van der Waals surface area contributed by atoms with Crippen LogP contribution in [-0.2, 0) is 14.8 Å². The highest BCUT2D eigenvalue weighted by Gasteiger charge is 2.13.